The molecule has 1 unspecified atom stereocenters. The molecule has 0 aliphatic heterocycles. The molecule has 4 aromatic carbocycles. The average Bonchev–Trinajstić information content (AvgIpc) is 2.96. The topological polar surface area (TPSA) is 67.9 Å². The van der Waals surface area contributed by atoms with Gasteiger partial charge in [0.1, 0.15) is 17.5 Å². The second-order valence-electron chi connectivity index (χ2n) is 8.49. The molecule has 6 heteroatoms. The Labute approximate surface area is 217 Å². The van der Waals surface area contributed by atoms with Crippen molar-refractivity contribution in [3.8, 4) is 11.5 Å². The largest absolute Gasteiger partial charge is 0.497 e. The van der Waals surface area contributed by atoms with Gasteiger partial charge in [0.2, 0.25) is 5.91 Å². The summed E-state index contributed by atoms with van der Waals surface area (Å²) in [6.07, 6.45) is 0. The molecule has 0 saturated carbocycles. The summed E-state index contributed by atoms with van der Waals surface area (Å²) in [6, 6.07) is 34.8. The molecule has 1 atom stereocenters. The average molecular weight is 495 g/mol. The van der Waals surface area contributed by atoms with E-state index in [1.807, 2.05) is 103 Å². The van der Waals surface area contributed by atoms with Crippen molar-refractivity contribution in [1.29, 1.82) is 0 Å². The summed E-state index contributed by atoms with van der Waals surface area (Å²) < 4.78 is 11.0. The quantitative estimate of drug-likeness (QED) is 0.313. The molecule has 0 aromatic heterocycles. The lowest BCUT2D eigenvalue weighted by molar-refractivity contribution is -0.143. The first-order valence-corrected chi connectivity index (χ1v) is 12.1. The first-order valence-electron chi connectivity index (χ1n) is 12.1. The highest BCUT2D eigenvalue weighted by Crippen LogP contribution is 2.25. The second kappa shape index (κ2) is 12.9. The van der Waals surface area contributed by atoms with Crippen molar-refractivity contribution in [2.24, 2.45) is 0 Å². The molecule has 0 aliphatic carbocycles. The summed E-state index contributed by atoms with van der Waals surface area (Å²) in [5, 5.41) is 3.02. The van der Waals surface area contributed by atoms with Gasteiger partial charge in [0.05, 0.1) is 7.11 Å². The number of hydrogen-bond donors (Lipinski definition) is 1. The minimum atomic E-state index is -0.848. The minimum absolute atomic E-state index is 0.199. The number of ether oxygens (including phenoxy) is 2. The van der Waals surface area contributed by atoms with Gasteiger partial charge in [-0.2, -0.15) is 0 Å². The van der Waals surface area contributed by atoms with Crippen molar-refractivity contribution in [2.45, 2.75) is 19.1 Å². The molecule has 0 spiro atoms. The second-order valence-corrected chi connectivity index (χ2v) is 8.49. The maximum absolute atomic E-state index is 13.7. The summed E-state index contributed by atoms with van der Waals surface area (Å²) in [7, 11) is 1.61. The molecule has 4 aromatic rings. The van der Waals surface area contributed by atoms with E-state index in [1.54, 1.807) is 24.1 Å². The molecule has 0 heterocycles. The van der Waals surface area contributed by atoms with Crippen LogP contribution in [0.3, 0.4) is 0 Å². The Hall–Kier alpha value is -4.58. The van der Waals surface area contributed by atoms with Crippen LogP contribution in [0.25, 0.3) is 0 Å². The van der Waals surface area contributed by atoms with Gasteiger partial charge >= 0.3 is 0 Å². The van der Waals surface area contributed by atoms with E-state index in [0.29, 0.717) is 18.0 Å². The van der Waals surface area contributed by atoms with E-state index in [2.05, 4.69) is 5.32 Å². The fourth-order valence-electron chi connectivity index (χ4n) is 3.99. The lowest BCUT2D eigenvalue weighted by atomic mass is 10.0. The van der Waals surface area contributed by atoms with Crippen molar-refractivity contribution in [3.05, 3.63) is 132 Å². The van der Waals surface area contributed by atoms with Crippen molar-refractivity contribution < 1.29 is 19.1 Å². The van der Waals surface area contributed by atoms with E-state index in [9.17, 15) is 9.59 Å². The van der Waals surface area contributed by atoms with Crippen LogP contribution in [0.5, 0.6) is 11.5 Å². The van der Waals surface area contributed by atoms with Crippen molar-refractivity contribution >= 4 is 11.8 Å². The van der Waals surface area contributed by atoms with Gasteiger partial charge in [-0.15, -0.1) is 0 Å². The molecule has 0 bridgehead atoms. The normalized spacial score (nSPS) is 11.3. The van der Waals surface area contributed by atoms with Crippen LogP contribution in [0.15, 0.2) is 115 Å². The number of amides is 2. The third-order valence-corrected chi connectivity index (χ3v) is 5.92. The molecule has 0 saturated heterocycles. The Morgan fingerprint density at radius 1 is 0.730 bits per heavy atom. The molecule has 188 valence electrons. The fraction of sp³-hybridized carbons (Fsp3) is 0.161. The molecule has 4 rings (SSSR count). The van der Waals surface area contributed by atoms with Gasteiger partial charge in [0, 0.05) is 13.1 Å². The zero-order chi connectivity index (χ0) is 25.9. The van der Waals surface area contributed by atoms with Gasteiger partial charge in [-0.25, -0.2) is 0 Å². The van der Waals surface area contributed by atoms with Crippen LogP contribution in [0, 0.1) is 0 Å². The summed E-state index contributed by atoms with van der Waals surface area (Å²) in [4.78, 5) is 28.9. The predicted octanol–water partition coefficient (Wildman–Crippen LogP) is 5.16. The lowest BCUT2D eigenvalue weighted by Gasteiger charge is -2.31. The van der Waals surface area contributed by atoms with E-state index < -0.39 is 6.04 Å². The highest BCUT2D eigenvalue weighted by atomic mass is 16.5. The van der Waals surface area contributed by atoms with Crippen LogP contribution in [-0.2, 0) is 22.7 Å². The number of nitrogens with one attached hydrogen (secondary N) is 1. The number of benzene rings is 4. The number of para-hydroxylation sites is 1. The molecule has 0 aliphatic rings. The zero-order valence-electron chi connectivity index (χ0n) is 20.7. The summed E-state index contributed by atoms with van der Waals surface area (Å²) in [5.41, 5.74) is 2.56. The Morgan fingerprint density at radius 3 is 1.95 bits per heavy atom. The van der Waals surface area contributed by atoms with Crippen molar-refractivity contribution in [3.63, 3.8) is 0 Å². The van der Waals surface area contributed by atoms with Gasteiger partial charge in [-0.05, 0) is 41.0 Å². The van der Waals surface area contributed by atoms with Crippen LogP contribution in [-0.4, -0.2) is 30.4 Å². The number of carbonyl (C=O) groups is 2. The van der Waals surface area contributed by atoms with Crippen LogP contribution in [0.1, 0.15) is 22.7 Å². The van der Waals surface area contributed by atoms with Crippen LogP contribution >= 0.6 is 0 Å². The molecule has 0 fully saturated rings. The summed E-state index contributed by atoms with van der Waals surface area (Å²) in [6.45, 7) is 0.378. The highest BCUT2D eigenvalue weighted by Gasteiger charge is 2.31. The van der Waals surface area contributed by atoms with E-state index in [4.69, 9.17) is 9.47 Å². The first kappa shape index (κ1) is 25.5. The third kappa shape index (κ3) is 7.21. The standard InChI is InChI=1S/C31H30N2O4/c1-36-27-19-17-25(18-20-27)22-33(29(34)23-37-28-15-9-4-10-16-28)30(26-13-7-3-8-14-26)31(35)32-21-24-11-5-2-6-12-24/h2-20,30H,21-23H2,1H3,(H,32,35). The van der Waals surface area contributed by atoms with Crippen LogP contribution in [0.4, 0.5) is 0 Å². The van der Waals surface area contributed by atoms with Crippen molar-refractivity contribution in [1.82, 2.24) is 10.2 Å². The van der Waals surface area contributed by atoms with Crippen LogP contribution in [0.2, 0.25) is 0 Å². The number of nitrogens with zero attached hydrogens (tertiary/aromatic N) is 1. The minimum Gasteiger partial charge on any atom is -0.497 e. The predicted molar refractivity (Wildman–Crippen MR) is 143 cm³/mol. The first-order chi connectivity index (χ1) is 18.1. The van der Waals surface area contributed by atoms with Gasteiger partial charge < -0.3 is 19.7 Å². The Balaban J connectivity index is 1.63. The van der Waals surface area contributed by atoms with Gasteiger partial charge in [-0.1, -0.05) is 91.0 Å². The molecular formula is C31H30N2O4. The van der Waals surface area contributed by atoms with Gasteiger partial charge in [0.25, 0.3) is 5.91 Å². The summed E-state index contributed by atoms with van der Waals surface area (Å²) in [5.74, 6) is 0.735. The smallest absolute Gasteiger partial charge is 0.261 e. The number of rotatable bonds is 11. The number of hydrogen-bond acceptors (Lipinski definition) is 4. The molecule has 2 amide bonds. The van der Waals surface area contributed by atoms with E-state index in [-0.39, 0.29) is 25.0 Å². The number of methoxy groups -OCH3 is 1. The number of carbonyl (C=O) groups excluding carboxylic acids is 2. The Bertz CT molecular complexity index is 1260. The highest BCUT2D eigenvalue weighted by molar-refractivity contribution is 5.89. The van der Waals surface area contributed by atoms with E-state index in [1.165, 1.54) is 0 Å². The SMILES string of the molecule is COc1ccc(CN(C(=O)COc2ccccc2)C(C(=O)NCc2ccccc2)c2ccccc2)cc1. The third-order valence-electron chi connectivity index (χ3n) is 5.92. The van der Waals surface area contributed by atoms with E-state index >= 15 is 0 Å². The van der Waals surface area contributed by atoms with Gasteiger partial charge in [-0.3, -0.25) is 9.59 Å². The Kier molecular flexibility index (Phi) is 8.92. The monoisotopic (exact) mass is 494 g/mol. The molecule has 37 heavy (non-hydrogen) atoms. The van der Waals surface area contributed by atoms with E-state index in [0.717, 1.165) is 16.7 Å². The maximum Gasteiger partial charge on any atom is 0.261 e. The fourth-order valence-corrected chi connectivity index (χ4v) is 3.99. The molecule has 1 N–H and O–H groups in total. The van der Waals surface area contributed by atoms with Crippen LogP contribution < -0.4 is 14.8 Å². The molecule has 0 radical (unpaired) electrons. The van der Waals surface area contributed by atoms with Gasteiger partial charge in [0.15, 0.2) is 6.61 Å². The molecular weight excluding hydrogens is 464 g/mol. The zero-order valence-corrected chi connectivity index (χ0v) is 20.7. The van der Waals surface area contributed by atoms with Crippen molar-refractivity contribution in [2.75, 3.05) is 13.7 Å². The lowest BCUT2D eigenvalue weighted by Crippen LogP contribution is -2.45. The molecule has 6 nitrogen and oxygen atoms in total. The Morgan fingerprint density at radius 2 is 1.32 bits per heavy atom. The maximum atomic E-state index is 13.7. The summed E-state index contributed by atoms with van der Waals surface area (Å²) >= 11 is 0.